The Hall–Kier alpha value is -3.39. The predicted molar refractivity (Wildman–Crippen MR) is 130 cm³/mol. The molecule has 5 aromatic rings. The van der Waals surface area contributed by atoms with Crippen molar-refractivity contribution in [2.24, 2.45) is 0 Å². The van der Waals surface area contributed by atoms with Crippen molar-refractivity contribution in [3.05, 3.63) is 59.2 Å². The Morgan fingerprint density at radius 2 is 1.73 bits per heavy atom. The zero-order chi connectivity index (χ0) is 21.6. The number of para-hydroxylation sites is 2. The molecule has 0 saturated carbocycles. The fourth-order valence-corrected chi connectivity index (χ4v) is 5.69. The van der Waals surface area contributed by atoms with Crippen LogP contribution in [0.3, 0.4) is 0 Å². The third-order valence-corrected chi connectivity index (χ3v) is 6.89. The fourth-order valence-electron chi connectivity index (χ4n) is 5.69. The number of rotatable bonds is 2. The first-order chi connectivity index (χ1) is 15.7. The Balaban J connectivity index is 0.00000206. The fraction of sp³-hybridized carbons (Fsp3) is 0.200. The summed E-state index contributed by atoms with van der Waals surface area (Å²) in [6, 6.07) is 14.3. The van der Waals surface area contributed by atoms with Gasteiger partial charge in [-0.2, -0.15) is 0 Å². The van der Waals surface area contributed by atoms with E-state index in [0.29, 0.717) is 30.8 Å². The topological polar surface area (TPSA) is 88.2 Å². The summed E-state index contributed by atoms with van der Waals surface area (Å²) in [5.41, 5.74) is 6.04. The van der Waals surface area contributed by atoms with Gasteiger partial charge in [0.25, 0.3) is 11.8 Å². The van der Waals surface area contributed by atoms with Gasteiger partial charge in [-0.05, 0) is 11.6 Å². The molecule has 0 spiro atoms. The van der Waals surface area contributed by atoms with E-state index in [0.717, 1.165) is 43.6 Å². The Bertz CT molecular complexity index is 1650. The van der Waals surface area contributed by atoms with Crippen LogP contribution >= 0.6 is 12.4 Å². The standard InChI is InChI=1S/C25H20N4O3.ClH/c1-32-11-13-10-29-22-12(9-26-13)5-4-7-15(22)18-20-19(24(30)28-25(20)31)17-14-6-2-3-8-16(14)27-21(17)23(18)29;/h2-8,13,26-27H,9-11H2,1H3,(H,28,30,31);1H/t13-;/m1./s1. The molecule has 7 nitrogen and oxygen atoms in total. The van der Waals surface area contributed by atoms with Crippen molar-refractivity contribution in [1.82, 2.24) is 20.2 Å². The van der Waals surface area contributed by atoms with E-state index in [1.807, 2.05) is 30.3 Å². The summed E-state index contributed by atoms with van der Waals surface area (Å²) in [5, 5.41) is 9.75. The number of nitrogens with one attached hydrogen (secondary N) is 3. The number of halogens is 1. The maximum Gasteiger partial charge on any atom is 0.259 e. The van der Waals surface area contributed by atoms with Crippen LogP contribution in [0.25, 0.3) is 43.6 Å². The second-order valence-electron chi connectivity index (χ2n) is 8.63. The number of nitrogens with zero attached hydrogens (tertiary/aromatic N) is 1. The highest BCUT2D eigenvalue weighted by Gasteiger charge is 2.36. The Morgan fingerprint density at radius 3 is 2.55 bits per heavy atom. The molecule has 2 aliphatic heterocycles. The van der Waals surface area contributed by atoms with Crippen LogP contribution in [0, 0.1) is 0 Å². The van der Waals surface area contributed by atoms with Gasteiger partial charge in [0.2, 0.25) is 0 Å². The minimum Gasteiger partial charge on any atom is -0.383 e. The molecule has 2 amide bonds. The van der Waals surface area contributed by atoms with E-state index in [2.05, 4.69) is 32.3 Å². The van der Waals surface area contributed by atoms with Crippen molar-refractivity contribution in [1.29, 1.82) is 0 Å². The zero-order valence-corrected chi connectivity index (χ0v) is 18.6. The Kier molecular flexibility index (Phi) is 4.32. The molecule has 0 radical (unpaired) electrons. The molecule has 4 heterocycles. The maximum absolute atomic E-state index is 13.1. The van der Waals surface area contributed by atoms with Gasteiger partial charge < -0.3 is 19.6 Å². The highest BCUT2D eigenvalue weighted by Crippen LogP contribution is 2.44. The van der Waals surface area contributed by atoms with Crippen molar-refractivity contribution in [2.75, 3.05) is 13.7 Å². The lowest BCUT2D eigenvalue weighted by atomic mass is 9.96. The zero-order valence-electron chi connectivity index (χ0n) is 17.8. The van der Waals surface area contributed by atoms with Gasteiger partial charge >= 0.3 is 0 Å². The number of ether oxygens (including phenoxy) is 1. The molecule has 166 valence electrons. The Morgan fingerprint density at radius 1 is 0.970 bits per heavy atom. The highest BCUT2D eigenvalue weighted by molar-refractivity contribution is 6.39. The quantitative estimate of drug-likeness (QED) is 0.349. The molecule has 7 rings (SSSR count). The average Bonchev–Trinajstić information content (AvgIpc) is 3.37. The van der Waals surface area contributed by atoms with E-state index in [4.69, 9.17) is 4.74 Å². The summed E-state index contributed by atoms with van der Waals surface area (Å²) < 4.78 is 7.77. The van der Waals surface area contributed by atoms with Crippen LogP contribution in [0.15, 0.2) is 42.5 Å². The van der Waals surface area contributed by atoms with Gasteiger partial charge in [-0.25, -0.2) is 0 Å². The number of H-pyrrole nitrogens is 1. The number of methoxy groups -OCH3 is 1. The van der Waals surface area contributed by atoms with Crippen LogP contribution in [0.2, 0.25) is 0 Å². The lowest BCUT2D eigenvalue weighted by Crippen LogP contribution is -2.34. The number of benzene rings is 3. The lowest BCUT2D eigenvalue weighted by Gasteiger charge is -2.17. The number of aromatic amines is 1. The van der Waals surface area contributed by atoms with Gasteiger partial charge in [-0.1, -0.05) is 36.4 Å². The number of aromatic nitrogens is 2. The molecule has 2 aliphatic rings. The van der Waals surface area contributed by atoms with E-state index in [-0.39, 0.29) is 30.3 Å². The van der Waals surface area contributed by atoms with Gasteiger partial charge in [0, 0.05) is 53.3 Å². The van der Waals surface area contributed by atoms with Gasteiger partial charge in [-0.15, -0.1) is 12.4 Å². The maximum atomic E-state index is 13.1. The molecular formula is C25H21ClN4O3. The molecule has 33 heavy (non-hydrogen) atoms. The first-order valence-corrected chi connectivity index (χ1v) is 10.8. The summed E-state index contributed by atoms with van der Waals surface area (Å²) in [7, 11) is 1.71. The van der Waals surface area contributed by atoms with Crippen molar-refractivity contribution >= 4 is 67.8 Å². The van der Waals surface area contributed by atoms with Gasteiger partial charge in [0.15, 0.2) is 0 Å². The predicted octanol–water partition coefficient (Wildman–Crippen LogP) is 3.85. The Labute approximate surface area is 194 Å². The summed E-state index contributed by atoms with van der Waals surface area (Å²) in [6.07, 6.45) is 0. The number of carbonyl (C=O) groups excluding carboxylic acids is 2. The minimum absolute atomic E-state index is 0. The van der Waals surface area contributed by atoms with Crippen LogP contribution < -0.4 is 10.6 Å². The normalized spacial score (nSPS) is 17.5. The van der Waals surface area contributed by atoms with Gasteiger partial charge in [0.05, 0.1) is 34.3 Å². The largest absolute Gasteiger partial charge is 0.383 e. The molecule has 2 aromatic heterocycles. The number of hydrogen-bond acceptors (Lipinski definition) is 4. The third-order valence-electron chi connectivity index (χ3n) is 6.89. The summed E-state index contributed by atoms with van der Waals surface area (Å²) >= 11 is 0. The molecule has 1 atom stereocenters. The lowest BCUT2D eigenvalue weighted by molar-refractivity contribution is 0.0880. The third kappa shape index (κ3) is 2.52. The minimum atomic E-state index is -0.329. The molecule has 8 heteroatoms. The highest BCUT2D eigenvalue weighted by atomic mass is 35.5. The average molecular weight is 461 g/mol. The van der Waals surface area contributed by atoms with E-state index < -0.39 is 0 Å². The van der Waals surface area contributed by atoms with Crippen molar-refractivity contribution in [3.63, 3.8) is 0 Å². The number of hydrogen-bond donors (Lipinski definition) is 3. The molecule has 0 saturated heterocycles. The van der Waals surface area contributed by atoms with E-state index >= 15 is 0 Å². The van der Waals surface area contributed by atoms with Crippen LogP contribution in [0.1, 0.15) is 26.3 Å². The number of amides is 2. The van der Waals surface area contributed by atoms with Crippen LogP contribution in [0.4, 0.5) is 0 Å². The van der Waals surface area contributed by atoms with Gasteiger partial charge in [0.1, 0.15) is 0 Å². The molecular weight excluding hydrogens is 440 g/mol. The summed E-state index contributed by atoms with van der Waals surface area (Å²) in [4.78, 5) is 29.6. The SMILES string of the molecule is COC[C@H]1Cn2c3c(cccc3c3c4c(c5c6ccccc6[nH]c5c32)C(=O)NC4=O)CN1.Cl. The molecule has 3 N–H and O–H groups in total. The molecule has 0 bridgehead atoms. The van der Waals surface area contributed by atoms with Gasteiger partial charge in [-0.3, -0.25) is 14.9 Å². The molecule has 0 aliphatic carbocycles. The number of carbonyl (C=O) groups is 2. The van der Waals surface area contributed by atoms with E-state index in [1.54, 1.807) is 7.11 Å². The van der Waals surface area contributed by atoms with Crippen LogP contribution in [-0.2, 0) is 17.8 Å². The smallest absolute Gasteiger partial charge is 0.259 e. The first kappa shape index (κ1) is 20.2. The number of imide groups is 1. The second kappa shape index (κ2) is 7.05. The van der Waals surface area contributed by atoms with E-state index in [1.165, 1.54) is 5.56 Å². The number of fused-ring (bicyclic) bond motifs is 10. The molecule has 3 aromatic carbocycles. The first-order valence-electron chi connectivity index (χ1n) is 10.8. The molecule has 0 unspecified atom stereocenters. The molecule has 0 fully saturated rings. The summed E-state index contributed by atoms with van der Waals surface area (Å²) in [5.74, 6) is -0.653. The van der Waals surface area contributed by atoms with Crippen molar-refractivity contribution in [2.45, 2.75) is 19.1 Å². The van der Waals surface area contributed by atoms with E-state index in [9.17, 15) is 9.59 Å². The second-order valence-corrected chi connectivity index (χ2v) is 8.63. The van der Waals surface area contributed by atoms with Crippen LogP contribution in [0.5, 0.6) is 0 Å². The summed E-state index contributed by atoms with van der Waals surface area (Å²) in [6.45, 7) is 1.99. The van der Waals surface area contributed by atoms with Crippen molar-refractivity contribution in [3.8, 4) is 0 Å². The van der Waals surface area contributed by atoms with Crippen LogP contribution in [-0.4, -0.2) is 41.1 Å². The van der Waals surface area contributed by atoms with Crippen molar-refractivity contribution < 1.29 is 14.3 Å². The monoisotopic (exact) mass is 460 g/mol.